The molecule has 1 amide bonds. The molecular formula is C19H23ClN2O3. The minimum Gasteiger partial charge on any atom is -0.493 e. The lowest BCUT2D eigenvalue weighted by Crippen LogP contribution is -2.28. The molecule has 1 unspecified atom stereocenters. The Hall–Kier alpha value is -2.24. The van der Waals surface area contributed by atoms with E-state index in [1.165, 1.54) is 0 Å². The van der Waals surface area contributed by atoms with Crippen LogP contribution in [0.5, 0.6) is 11.5 Å². The number of hydrogen-bond acceptors (Lipinski definition) is 4. The Bertz CT molecular complexity index is 702. The molecule has 0 saturated carbocycles. The number of rotatable bonds is 8. The maximum Gasteiger partial charge on any atom is 0.251 e. The molecule has 6 heteroatoms. The van der Waals surface area contributed by atoms with Crippen molar-refractivity contribution in [2.75, 3.05) is 13.7 Å². The standard InChI is InChI=1S/C19H23ClN2O3/c1-13(21)9-10-22-19(23)15-5-8-17(18(11-15)24-2)25-12-14-3-6-16(20)7-4-14/h3-8,11,13H,9-10,12,21H2,1-2H3,(H,22,23). The van der Waals surface area contributed by atoms with Gasteiger partial charge in [-0.25, -0.2) is 0 Å². The number of hydrogen-bond donors (Lipinski definition) is 2. The molecular weight excluding hydrogens is 340 g/mol. The molecule has 0 aliphatic carbocycles. The van der Waals surface area contributed by atoms with Crippen molar-refractivity contribution in [3.05, 3.63) is 58.6 Å². The fourth-order valence-electron chi connectivity index (χ4n) is 2.19. The van der Waals surface area contributed by atoms with E-state index < -0.39 is 0 Å². The second-order valence-corrected chi connectivity index (χ2v) is 6.24. The smallest absolute Gasteiger partial charge is 0.251 e. The monoisotopic (exact) mass is 362 g/mol. The van der Waals surface area contributed by atoms with Crippen LogP contribution in [0.2, 0.25) is 5.02 Å². The average molecular weight is 363 g/mol. The third kappa shape index (κ3) is 5.96. The molecule has 3 N–H and O–H groups in total. The zero-order valence-corrected chi connectivity index (χ0v) is 15.2. The Morgan fingerprint density at radius 1 is 1.20 bits per heavy atom. The largest absolute Gasteiger partial charge is 0.493 e. The van der Waals surface area contributed by atoms with Crippen LogP contribution in [0.1, 0.15) is 29.3 Å². The average Bonchev–Trinajstić information content (AvgIpc) is 2.60. The lowest BCUT2D eigenvalue weighted by molar-refractivity contribution is 0.0952. The summed E-state index contributed by atoms with van der Waals surface area (Å²) >= 11 is 5.87. The van der Waals surface area contributed by atoms with E-state index in [0.29, 0.717) is 35.2 Å². The summed E-state index contributed by atoms with van der Waals surface area (Å²) < 4.78 is 11.1. The fourth-order valence-corrected chi connectivity index (χ4v) is 2.31. The van der Waals surface area contributed by atoms with Crippen LogP contribution in [0.4, 0.5) is 0 Å². The van der Waals surface area contributed by atoms with Gasteiger partial charge in [-0.15, -0.1) is 0 Å². The summed E-state index contributed by atoms with van der Waals surface area (Å²) in [5.74, 6) is 0.918. The first-order chi connectivity index (χ1) is 12.0. The predicted octanol–water partition coefficient (Wildman–Crippen LogP) is 3.39. The summed E-state index contributed by atoms with van der Waals surface area (Å²) in [6.07, 6.45) is 0.727. The molecule has 0 fully saturated rings. The number of carbonyl (C=O) groups excluding carboxylic acids is 1. The van der Waals surface area contributed by atoms with Crippen LogP contribution in [0.25, 0.3) is 0 Å². The maximum atomic E-state index is 12.2. The second kappa shape index (κ2) is 9.30. The zero-order chi connectivity index (χ0) is 18.2. The molecule has 0 bridgehead atoms. The number of nitrogens with one attached hydrogen (secondary N) is 1. The first kappa shape index (κ1) is 19.1. The summed E-state index contributed by atoms with van der Waals surface area (Å²) in [5.41, 5.74) is 7.18. The molecule has 0 saturated heterocycles. The number of nitrogens with two attached hydrogens (primary N) is 1. The van der Waals surface area contributed by atoms with Crippen molar-refractivity contribution in [1.82, 2.24) is 5.32 Å². The van der Waals surface area contributed by atoms with Crippen molar-refractivity contribution in [3.63, 3.8) is 0 Å². The van der Waals surface area contributed by atoms with Gasteiger partial charge < -0.3 is 20.5 Å². The molecule has 0 radical (unpaired) electrons. The van der Waals surface area contributed by atoms with Crippen LogP contribution >= 0.6 is 11.6 Å². The molecule has 0 heterocycles. The highest BCUT2D eigenvalue weighted by atomic mass is 35.5. The third-order valence-electron chi connectivity index (χ3n) is 3.62. The van der Waals surface area contributed by atoms with Crippen LogP contribution in [0, 0.1) is 0 Å². The van der Waals surface area contributed by atoms with E-state index >= 15 is 0 Å². The van der Waals surface area contributed by atoms with E-state index in [1.54, 1.807) is 25.3 Å². The molecule has 2 rings (SSSR count). The van der Waals surface area contributed by atoms with Crippen LogP contribution in [0.3, 0.4) is 0 Å². The highest BCUT2D eigenvalue weighted by Gasteiger charge is 2.11. The molecule has 1 atom stereocenters. The molecule has 0 aliphatic heterocycles. The van der Waals surface area contributed by atoms with Gasteiger partial charge >= 0.3 is 0 Å². The van der Waals surface area contributed by atoms with Gasteiger partial charge in [0.05, 0.1) is 7.11 Å². The molecule has 0 aliphatic rings. The predicted molar refractivity (Wildman–Crippen MR) is 99.4 cm³/mol. The van der Waals surface area contributed by atoms with Gasteiger partial charge in [0, 0.05) is 23.2 Å². The summed E-state index contributed by atoms with van der Waals surface area (Å²) in [4.78, 5) is 12.2. The van der Waals surface area contributed by atoms with E-state index in [1.807, 2.05) is 31.2 Å². The lowest BCUT2D eigenvalue weighted by atomic mass is 10.1. The van der Waals surface area contributed by atoms with Gasteiger partial charge in [0.1, 0.15) is 6.61 Å². The van der Waals surface area contributed by atoms with E-state index in [2.05, 4.69) is 5.32 Å². The second-order valence-electron chi connectivity index (χ2n) is 5.80. The zero-order valence-electron chi connectivity index (χ0n) is 14.4. The summed E-state index contributed by atoms with van der Waals surface area (Å²) in [5, 5.41) is 3.52. The van der Waals surface area contributed by atoms with Crippen LogP contribution in [-0.4, -0.2) is 25.6 Å². The fraction of sp³-hybridized carbons (Fsp3) is 0.316. The SMILES string of the molecule is COc1cc(C(=O)NCCC(C)N)ccc1OCc1ccc(Cl)cc1. The molecule has 2 aromatic carbocycles. The van der Waals surface area contributed by atoms with E-state index in [-0.39, 0.29) is 11.9 Å². The van der Waals surface area contributed by atoms with Crippen molar-refractivity contribution in [2.45, 2.75) is 26.0 Å². The minimum atomic E-state index is -0.164. The number of halogens is 1. The number of methoxy groups -OCH3 is 1. The normalized spacial score (nSPS) is 11.7. The van der Waals surface area contributed by atoms with Gasteiger partial charge in [0.25, 0.3) is 5.91 Å². The van der Waals surface area contributed by atoms with Crippen LogP contribution in [0.15, 0.2) is 42.5 Å². The summed E-state index contributed by atoms with van der Waals surface area (Å²) in [7, 11) is 1.54. The molecule has 0 aromatic heterocycles. The van der Waals surface area contributed by atoms with Crippen molar-refractivity contribution in [3.8, 4) is 11.5 Å². The topological polar surface area (TPSA) is 73.6 Å². The molecule has 134 valence electrons. The first-order valence-electron chi connectivity index (χ1n) is 8.08. The highest BCUT2D eigenvalue weighted by molar-refractivity contribution is 6.30. The third-order valence-corrected chi connectivity index (χ3v) is 3.87. The minimum absolute atomic E-state index is 0.0541. The quantitative estimate of drug-likeness (QED) is 0.754. The van der Waals surface area contributed by atoms with E-state index in [4.69, 9.17) is 26.8 Å². The lowest BCUT2D eigenvalue weighted by Gasteiger charge is -2.13. The van der Waals surface area contributed by atoms with Crippen molar-refractivity contribution in [1.29, 1.82) is 0 Å². The summed E-state index contributed by atoms with van der Waals surface area (Å²) in [6.45, 7) is 2.82. The number of benzene rings is 2. The van der Waals surface area contributed by atoms with Gasteiger partial charge in [0.2, 0.25) is 0 Å². The molecule has 25 heavy (non-hydrogen) atoms. The van der Waals surface area contributed by atoms with Gasteiger partial charge in [-0.3, -0.25) is 4.79 Å². The Morgan fingerprint density at radius 2 is 1.92 bits per heavy atom. The number of ether oxygens (including phenoxy) is 2. The Kier molecular flexibility index (Phi) is 7.10. The first-order valence-corrected chi connectivity index (χ1v) is 8.46. The van der Waals surface area contributed by atoms with Crippen molar-refractivity contribution < 1.29 is 14.3 Å². The number of carbonyl (C=O) groups is 1. The number of amides is 1. The van der Waals surface area contributed by atoms with Gasteiger partial charge in [0.15, 0.2) is 11.5 Å². The van der Waals surface area contributed by atoms with Crippen LogP contribution < -0.4 is 20.5 Å². The molecule has 5 nitrogen and oxygen atoms in total. The highest BCUT2D eigenvalue weighted by Crippen LogP contribution is 2.29. The summed E-state index contributed by atoms with van der Waals surface area (Å²) in [6, 6.07) is 12.6. The maximum absolute atomic E-state index is 12.2. The van der Waals surface area contributed by atoms with Crippen molar-refractivity contribution >= 4 is 17.5 Å². The van der Waals surface area contributed by atoms with Crippen LogP contribution in [-0.2, 0) is 6.61 Å². The molecule has 2 aromatic rings. The van der Waals surface area contributed by atoms with E-state index in [0.717, 1.165) is 12.0 Å². The van der Waals surface area contributed by atoms with E-state index in [9.17, 15) is 4.79 Å². The van der Waals surface area contributed by atoms with Gasteiger partial charge in [-0.1, -0.05) is 23.7 Å². The Balaban J connectivity index is 2.00. The Morgan fingerprint density at radius 3 is 2.56 bits per heavy atom. The van der Waals surface area contributed by atoms with Gasteiger partial charge in [-0.05, 0) is 49.2 Å². The molecule has 0 spiro atoms. The van der Waals surface area contributed by atoms with Crippen molar-refractivity contribution in [2.24, 2.45) is 5.73 Å². The Labute approximate surface area is 153 Å². The van der Waals surface area contributed by atoms with Gasteiger partial charge in [-0.2, -0.15) is 0 Å².